The van der Waals surface area contributed by atoms with Gasteiger partial charge in [-0.2, -0.15) is 0 Å². The topological polar surface area (TPSA) is 172 Å². The number of aromatic nitrogens is 1. The molecule has 0 aliphatic rings. The number of pyridine rings is 1. The highest BCUT2D eigenvalue weighted by atomic mass is 33.1. The molecule has 0 aliphatic carbocycles. The first-order chi connectivity index (χ1) is 22.6. The number of amides is 4. The Morgan fingerprint density at radius 3 is 2.21 bits per heavy atom. The Morgan fingerprint density at radius 2 is 1.55 bits per heavy atom. The van der Waals surface area contributed by atoms with Gasteiger partial charge in [-0.3, -0.25) is 34.3 Å². The van der Waals surface area contributed by atoms with Crippen LogP contribution in [0.25, 0.3) is 0 Å². The Bertz CT molecular complexity index is 1500. The van der Waals surface area contributed by atoms with Gasteiger partial charge in [-0.05, 0) is 59.7 Å². The highest BCUT2D eigenvalue weighted by molar-refractivity contribution is 8.77. The third-order valence-corrected chi connectivity index (χ3v) is 9.76. The second-order valence-corrected chi connectivity index (χ2v) is 13.5. The molecule has 2 aromatic carbocycles. The van der Waals surface area contributed by atoms with E-state index in [4.69, 9.17) is 0 Å². The van der Waals surface area contributed by atoms with Gasteiger partial charge in [0.25, 0.3) is 11.6 Å². The SMILES string of the molecule is CNC(=O)[C@H](Cc1ccccc1)NC(=O)[C@H](CC(C)C)NC(=O)C(CCCNC(=O)c1ccccn1)SSc1ccccc1[N+](=O)[O-]. The molecule has 250 valence electrons. The lowest BCUT2D eigenvalue weighted by molar-refractivity contribution is -0.387. The van der Waals surface area contributed by atoms with Crippen LogP contribution in [-0.4, -0.2) is 64.5 Å². The van der Waals surface area contributed by atoms with Crippen molar-refractivity contribution in [3.05, 3.63) is 100 Å². The number of nitrogens with one attached hydrogen (secondary N) is 4. The fourth-order valence-corrected chi connectivity index (χ4v) is 7.19. The van der Waals surface area contributed by atoms with E-state index in [1.807, 2.05) is 44.2 Å². The molecule has 0 saturated heterocycles. The summed E-state index contributed by atoms with van der Waals surface area (Å²) in [5.41, 5.74) is 1.06. The standard InChI is InChI=1S/C33H40N6O6S2/c1-22(2)20-25(32(42)37-26(30(40)34-3)21-23-12-5-4-6-13-23)38-33(43)29(47-46-28-16-8-7-15-27(28)39(44)45)17-11-19-36-31(41)24-14-9-10-18-35-24/h4-10,12-16,18,22,25-26,29H,11,17,19-21H2,1-3H3,(H,34,40)(H,36,41)(H,37,42)(H,38,43)/t25-,26-,29?/m0/s1. The van der Waals surface area contributed by atoms with Crippen molar-refractivity contribution in [3.8, 4) is 0 Å². The highest BCUT2D eigenvalue weighted by Gasteiger charge is 2.30. The average Bonchev–Trinajstić information content (AvgIpc) is 3.07. The van der Waals surface area contributed by atoms with Crippen LogP contribution in [0.3, 0.4) is 0 Å². The zero-order chi connectivity index (χ0) is 34.2. The first kappa shape index (κ1) is 37.0. The first-order valence-corrected chi connectivity index (χ1v) is 17.4. The number of nitro benzene ring substituents is 1. The van der Waals surface area contributed by atoms with Gasteiger partial charge in [-0.15, -0.1) is 0 Å². The number of hydrogen-bond donors (Lipinski definition) is 4. The normalized spacial score (nSPS) is 12.8. The Kier molecular flexibility index (Phi) is 15.2. The smallest absolute Gasteiger partial charge is 0.283 e. The summed E-state index contributed by atoms with van der Waals surface area (Å²) >= 11 is 0. The van der Waals surface area contributed by atoms with Gasteiger partial charge in [-0.1, -0.05) is 73.2 Å². The van der Waals surface area contributed by atoms with Crippen LogP contribution in [0.2, 0.25) is 0 Å². The van der Waals surface area contributed by atoms with Crippen LogP contribution in [0.4, 0.5) is 5.69 Å². The molecule has 3 aromatic rings. The van der Waals surface area contributed by atoms with Crippen LogP contribution in [0, 0.1) is 16.0 Å². The van der Waals surface area contributed by atoms with Crippen molar-refractivity contribution in [1.29, 1.82) is 0 Å². The molecule has 0 saturated carbocycles. The molecule has 4 amide bonds. The van der Waals surface area contributed by atoms with Crippen LogP contribution in [0.15, 0.2) is 83.9 Å². The number of likely N-dealkylation sites (N-methyl/N-ethyl adjacent to an activating group) is 1. The van der Waals surface area contributed by atoms with Gasteiger partial charge in [0.15, 0.2) is 0 Å². The number of para-hydroxylation sites is 1. The fraction of sp³-hybridized carbons (Fsp3) is 0.364. The number of hydrogen-bond acceptors (Lipinski definition) is 9. The van der Waals surface area contributed by atoms with Crippen LogP contribution in [-0.2, 0) is 20.8 Å². The lowest BCUT2D eigenvalue weighted by Gasteiger charge is -2.25. The first-order valence-electron chi connectivity index (χ1n) is 15.2. The molecule has 4 N–H and O–H groups in total. The lowest BCUT2D eigenvalue weighted by Crippen LogP contribution is -2.55. The molecular weight excluding hydrogens is 641 g/mol. The maximum Gasteiger partial charge on any atom is 0.283 e. The largest absolute Gasteiger partial charge is 0.357 e. The van der Waals surface area contributed by atoms with Gasteiger partial charge >= 0.3 is 0 Å². The zero-order valence-corrected chi connectivity index (χ0v) is 28.1. The summed E-state index contributed by atoms with van der Waals surface area (Å²) in [4.78, 5) is 68.0. The predicted molar refractivity (Wildman–Crippen MR) is 184 cm³/mol. The fourth-order valence-electron chi connectivity index (χ4n) is 4.56. The number of nitrogens with zero attached hydrogens (tertiary/aromatic N) is 2. The molecule has 47 heavy (non-hydrogen) atoms. The van der Waals surface area contributed by atoms with Crippen LogP contribution < -0.4 is 21.3 Å². The Morgan fingerprint density at radius 1 is 0.872 bits per heavy atom. The molecule has 0 fully saturated rings. The van der Waals surface area contributed by atoms with E-state index in [1.54, 1.807) is 36.4 Å². The second kappa shape index (κ2) is 19.3. The maximum atomic E-state index is 13.8. The molecule has 0 radical (unpaired) electrons. The molecule has 3 rings (SSSR count). The molecular formula is C33H40N6O6S2. The third-order valence-electron chi connectivity index (χ3n) is 6.94. The predicted octanol–water partition coefficient (Wildman–Crippen LogP) is 4.31. The molecule has 0 spiro atoms. The summed E-state index contributed by atoms with van der Waals surface area (Å²) in [6, 6.07) is 18.8. The van der Waals surface area contributed by atoms with Crippen LogP contribution in [0.1, 0.15) is 49.2 Å². The van der Waals surface area contributed by atoms with Crippen molar-refractivity contribution in [3.63, 3.8) is 0 Å². The van der Waals surface area contributed by atoms with Crippen molar-refractivity contribution in [2.24, 2.45) is 5.92 Å². The Balaban J connectivity index is 1.74. The van der Waals surface area contributed by atoms with E-state index in [0.29, 0.717) is 24.2 Å². The summed E-state index contributed by atoms with van der Waals surface area (Å²) in [5.74, 6) is -1.60. The van der Waals surface area contributed by atoms with E-state index < -0.39 is 34.1 Å². The summed E-state index contributed by atoms with van der Waals surface area (Å²) in [5, 5.41) is 21.9. The van der Waals surface area contributed by atoms with Crippen molar-refractivity contribution in [2.45, 2.75) is 61.8 Å². The molecule has 3 atom stereocenters. The molecule has 12 nitrogen and oxygen atoms in total. The maximum absolute atomic E-state index is 13.8. The number of rotatable bonds is 18. The molecule has 1 aromatic heterocycles. The van der Waals surface area contributed by atoms with Gasteiger partial charge in [-0.25, -0.2) is 0 Å². The monoisotopic (exact) mass is 680 g/mol. The quantitative estimate of drug-likeness (QED) is 0.0661. The van der Waals surface area contributed by atoms with Crippen molar-refractivity contribution in [2.75, 3.05) is 13.6 Å². The van der Waals surface area contributed by atoms with E-state index in [1.165, 1.54) is 19.3 Å². The summed E-state index contributed by atoms with van der Waals surface area (Å²) in [6.07, 6.45) is 2.83. The summed E-state index contributed by atoms with van der Waals surface area (Å²) in [7, 11) is 3.75. The minimum Gasteiger partial charge on any atom is -0.357 e. The molecule has 14 heteroatoms. The van der Waals surface area contributed by atoms with Gasteiger partial charge in [0, 0.05) is 32.3 Å². The van der Waals surface area contributed by atoms with E-state index in [0.717, 1.165) is 27.2 Å². The van der Waals surface area contributed by atoms with Crippen molar-refractivity contribution >= 4 is 50.9 Å². The zero-order valence-electron chi connectivity index (χ0n) is 26.5. The lowest BCUT2D eigenvalue weighted by atomic mass is 10.0. The van der Waals surface area contributed by atoms with E-state index in [9.17, 15) is 29.3 Å². The minimum absolute atomic E-state index is 0.0351. The second-order valence-electron chi connectivity index (χ2n) is 11.1. The van der Waals surface area contributed by atoms with E-state index in [2.05, 4.69) is 26.3 Å². The highest BCUT2D eigenvalue weighted by Crippen LogP contribution is 2.40. The Labute approximate surface area is 282 Å². The van der Waals surface area contributed by atoms with E-state index in [-0.39, 0.29) is 42.1 Å². The average molecular weight is 681 g/mol. The number of benzene rings is 2. The summed E-state index contributed by atoms with van der Waals surface area (Å²) in [6.45, 7) is 4.11. The van der Waals surface area contributed by atoms with Gasteiger partial charge in [0.05, 0.1) is 15.1 Å². The minimum atomic E-state index is -0.937. The molecule has 1 heterocycles. The van der Waals surface area contributed by atoms with Crippen molar-refractivity contribution in [1.82, 2.24) is 26.3 Å². The van der Waals surface area contributed by atoms with Crippen LogP contribution >= 0.6 is 21.6 Å². The van der Waals surface area contributed by atoms with Crippen LogP contribution in [0.5, 0.6) is 0 Å². The third kappa shape index (κ3) is 12.4. The summed E-state index contributed by atoms with van der Waals surface area (Å²) < 4.78 is 0. The molecule has 0 aliphatic heterocycles. The number of nitro groups is 1. The molecule has 0 bridgehead atoms. The number of carbonyl (C=O) groups is 4. The Hall–Kier alpha value is -4.43. The van der Waals surface area contributed by atoms with Gasteiger partial charge < -0.3 is 21.3 Å². The molecule has 1 unspecified atom stereocenters. The van der Waals surface area contributed by atoms with Crippen molar-refractivity contribution < 1.29 is 24.1 Å². The van der Waals surface area contributed by atoms with Gasteiger partial charge in [0.1, 0.15) is 17.8 Å². The number of carbonyl (C=O) groups excluding carboxylic acids is 4. The van der Waals surface area contributed by atoms with Gasteiger partial charge in [0.2, 0.25) is 17.7 Å². The van der Waals surface area contributed by atoms with E-state index >= 15 is 0 Å².